The molecule has 0 aliphatic rings. The fraction of sp³-hybridized carbons (Fsp3) is 0.462. The number of carboxylic acid groups (broad SMARTS) is 1. The Kier molecular flexibility index (Phi) is 3.86. The molecule has 18 heavy (non-hydrogen) atoms. The van der Waals surface area contributed by atoms with Crippen LogP contribution >= 0.6 is 0 Å². The highest BCUT2D eigenvalue weighted by Crippen LogP contribution is 2.32. The summed E-state index contributed by atoms with van der Waals surface area (Å²) in [5.74, 6) is -1.26. The Balaban J connectivity index is 3.36. The van der Waals surface area contributed by atoms with Gasteiger partial charge >= 0.3 is 5.97 Å². The second-order valence-electron chi connectivity index (χ2n) is 4.87. The van der Waals surface area contributed by atoms with Crippen molar-refractivity contribution >= 4 is 17.3 Å². The van der Waals surface area contributed by atoms with Gasteiger partial charge in [-0.05, 0) is 24.6 Å². The van der Waals surface area contributed by atoms with Crippen molar-refractivity contribution in [1.82, 2.24) is 0 Å². The third-order valence-electron chi connectivity index (χ3n) is 2.92. The Bertz CT molecular complexity index is 454. The maximum atomic E-state index is 11.0. The maximum absolute atomic E-state index is 11.0. The van der Waals surface area contributed by atoms with E-state index in [0.717, 1.165) is 11.4 Å². The van der Waals surface area contributed by atoms with Crippen LogP contribution in [0.25, 0.3) is 0 Å². The molecule has 1 unspecified atom stereocenters. The van der Waals surface area contributed by atoms with Crippen LogP contribution in [0.3, 0.4) is 0 Å². The van der Waals surface area contributed by atoms with Gasteiger partial charge in [-0.1, -0.05) is 6.07 Å². The highest BCUT2D eigenvalue weighted by molar-refractivity contribution is 5.81. The summed E-state index contributed by atoms with van der Waals surface area (Å²) >= 11 is 0. The summed E-state index contributed by atoms with van der Waals surface area (Å²) in [7, 11) is 7.58. The molecule has 1 aromatic rings. The number of anilines is 2. The minimum absolute atomic E-state index is 0.365. The fourth-order valence-electron chi connectivity index (χ4n) is 1.69. The van der Waals surface area contributed by atoms with E-state index in [0.29, 0.717) is 5.56 Å². The number of carboxylic acids is 1. The molecule has 0 aliphatic carbocycles. The lowest BCUT2D eigenvalue weighted by Crippen LogP contribution is -2.32. The summed E-state index contributed by atoms with van der Waals surface area (Å²) in [5.41, 5.74) is 0.309. The smallest absolute Gasteiger partial charge is 0.340 e. The molecule has 0 aliphatic heterocycles. The summed E-state index contributed by atoms with van der Waals surface area (Å²) in [5, 5.41) is 19.0. The number of carbonyl (C=O) groups is 1. The lowest BCUT2D eigenvalue weighted by Gasteiger charge is -2.26. The molecule has 5 nitrogen and oxygen atoms in total. The van der Waals surface area contributed by atoms with Crippen molar-refractivity contribution in [3.63, 3.8) is 0 Å². The molecular weight excluding hydrogens is 232 g/mol. The number of rotatable bonds is 4. The Morgan fingerprint density at radius 2 is 1.61 bits per heavy atom. The molecule has 2 N–H and O–H groups in total. The lowest BCUT2D eigenvalue weighted by molar-refractivity contribution is -0.157. The van der Waals surface area contributed by atoms with Gasteiger partial charge in [0.15, 0.2) is 5.60 Å². The first-order valence-corrected chi connectivity index (χ1v) is 5.63. The Labute approximate surface area is 107 Å². The highest BCUT2D eigenvalue weighted by atomic mass is 16.4. The van der Waals surface area contributed by atoms with E-state index in [4.69, 9.17) is 5.11 Å². The number of hydrogen-bond donors (Lipinski definition) is 2. The number of nitrogens with zero attached hydrogens (tertiary/aromatic N) is 2. The molecule has 100 valence electrons. The lowest BCUT2D eigenvalue weighted by atomic mass is 9.95. The van der Waals surface area contributed by atoms with Gasteiger partial charge in [-0.25, -0.2) is 4.79 Å². The summed E-state index contributed by atoms with van der Waals surface area (Å²) in [6.45, 7) is 1.28. The van der Waals surface area contributed by atoms with Crippen molar-refractivity contribution in [3.8, 4) is 0 Å². The third kappa shape index (κ3) is 2.56. The molecule has 0 fully saturated rings. The minimum atomic E-state index is -1.88. The van der Waals surface area contributed by atoms with E-state index >= 15 is 0 Å². The van der Waals surface area contributed by atoms with Crippen LogP contribution in [0.4, 0.5) is 11.4 Å². The van der Waals surface area contributed by atoms with Crippen LogP contribution < -0.4 is 9.80 Å². The van der Waals surface area contributed by atoms with E-state index in [-0.39, 0.29) is 0 Å². The van der Waals surface area contributed by atoms with Gasteiger partial charge in [0.2, 0.25) is 0 Å². The highest BCUT2D eigenvalue weighted by Gasteiger charge is 2.32. The quantitative estimate of drug-likeness (QED) is 0.840. The van der Waals surface area contributed by atoms with Crippen LogP contribution in [0.2, 0.25) is 0 Å². The predicted octanol–water partition coefficient (Wildman–Crippen LogP) is 1.11. The molecule has 0 radical (unpaired) electrons. The van der Waals surface area contributed by atoms with Crippen molar-refractivity contribution in [2.45, 2.75) is 12.5 Å². The summed E-state index contributed by atoms with van der Waals surface area (Å²) in [6, 6.07) is 5.14. The van der Waals surface area contributed by atoms with Crippen molar-refractivity contribution < 1.29 is 15.0 Å². The maximum Gasteiger partial charge on any atom is 0.340 e. The first kappa shape index (κ1) is 14.3. The van der Waals surface area contributed by atoms with Gasteiger partial charge in [-0.3, -0.25) is 0 Å². The molecule has 0 heterocycles. The van der Waals surface area contributed by atoms with Gasteiger partial charge in [0.1, 0.15) is 0 Å². The number of aliphatic carboxylic acids is 1. The monoisotopic (exact) mass is 252 g/mol. The second kappa shape index (κ2) is 4.86. The predicted molar refractivity (Wildman–Crippen MR) is 72.3 cm³/mol. The standard InChI is InChI=1S/C13H20N2O3/c1-13(18,12(16)17)9-6-7-10(14(2)3)11(8-9)15(4)5/h6-8,18H,1-5H3,(H,16,17). The van der Waals surface area contributed by atoms with E-state index in [1.807, 2.05) is 44.1 Å². The summed E-state index contributed by atoms with van der Waals surface area (Å²) < 4.78 is 0. The van der Waals surface area contributed by atoms with E-state index in [1.165, 1.54) is 6.92 Å². The zero-order chi connectivity index (χ0) is 14.1. The van der Waals surface area contributed by atoms with Gasteiger partial charge in [-0.15, -0.1) is 0 Å². The molecular formula is C13H20N2O3. The van der Waals surface area contributed by atoms with Gasteiger partial charge < -0.3 is 20.0 Å². The third-order valence-corrected chi connectivity index (χ3v) is 2.92. The first-order valence-electron chi connectivity index (χ1n) is 5.63. The van der Waals surface area contributed by atoms with Crippen molar-refractivity contribution in [1.29, 1.82) is 0 Å². The van der Waals surface area contributed by atoms with Gasteiger partial charge in [-0.2, -0.15) is 0 Å². The molecule has 1 rings (SSSR count). The van der Waals surface area contributed by atoms with Crippen molar-refractivity contribution in [2.24, 2.45) is 0 Å². The Morgan fingerprint density at radius 3 is 2.00 bits per heavy atom. The zero-order valence-electron chi connectivity index (χ0n) is 11.4. The number of hydrogen-bond acceptors (Lipinski definition) is 4. The number of aliphatic hydroxyl groups is 1. The average molecular weight is 252 g/mol. The molecule has 0 bridgehead atoms. The molecule has 1 aromatic carbocycles. The van der Waals surface area contributed by atoms with E-state index in [9.17, 15) is 9.90 Å². The van der Waals surface area contributed by atoms with Crippen LogP contribution in [-0.2, 0) is 10.4 Å². The second-order valence-corrected chi connectivity index (χ2v) is 4.87. The average Bonchev–Trinajstić information content (AvgIpc) is 2.27. The molecule has 1 atom stereocenters. The normalized spacial score (nSPS) is 13.9. The van der Waals surface area contributed by atoms with E-state index in [1.54, 1.807) is 12.1 Å². The summed E-state index contributed by atoms with van der Waals surface area (Å²) in [4.78, 5) is 14.9. The van der Waals surface area contributed by atoms with Gasteiger partial charge in [0.05, 0.1) is 11.4 Å². The van der Waals surface area contributed by atoms with Crippen molar-refractivity contribution in [2.75, 3.05) is 38.0 Å². The zero-order valence-corrected chi connectivity index (χ0v) is 11.4. The number of benzene rings is 1. The van der Waals surface area contributed by atoms with Crippen LogP contribution in [0.1, 0.15) is 12.5 Å². The van der Waals surface area contributed by atoms with Gasteiger partial charge in [0.25, 0.3) is 0 Å². The molecule has 0 saturated heterocycles. The summed E-state index contributed by atoms with van der Waals surface area (Å²) in [6.07, 6.45) is 0. The van der Waals surface area contributed by atoms with Crippen LogP contribution in [0.15, 0.2) is 18.2 Å². The largest absolute Gasteiger partial charge is 0.479 e. The molecule has 0 amide bonds. The van der Waals surface area contributed by atoms with Crippen LogP contribution in [0.5, 0.6) is 0 Å². The van der Waals surface area contributed by atoms with E-state index in [2.05, 4.69) is 0 Å². The van der Waals surface area contributed by atoms with Gasteiger partial charge in [0, 0.05) is 28.2 Å². The topological polar surface area (TPSA) is 64.0 Å². The molecule has 0 aromatic heterocycles. The Hall–Kier alpha value is -1.75. The van der Waals surface area contributed by atoms with Crippen LogP contribution in [-0.4, -0.2) is 44.4 Å². The van der Waals surface area contributed by atoms with E-state index < -0.39 is 11.6 Å². The molecule has 0 saturated carbocycles. The van der Waals surface area contributed by atoms with Crippen LogP contribution in [0, 0.1) is 0 Å². The Morgan fingerprint density at radius 1 is 1.11 bits per heavy atom. The SMILES string of the molecule is CN(C)c1ccc(C(C)(O)C(=O)O)cc1N(C)C. The molecule has 0 spiro atoms. The van der Waals surface area contributed by atoms with Crippen molar-refractivity contribution in [3.05, 3.63) is 23.8 Å². The molecule has 5 heteroatoms. The minimum Gasteiger partial charge on any atom is -0.479 e. The first-order chi connectivity index (χ1) is 8.17. The fourth-order valence-corrected chi connectivity index (χ4v) is 1.69.